The van der Waals surface area contributed by atoms with Gasteiger partial charge in [-0.05, 0) is 18.1 Å². The van der Waals surface area contributed by atoms with Crippen LogP contribution < -0.4 is 5.32 Å². The largest absolute Gasteiger partial charge is 0.465 e. The standard InChI is InChI=1S/C20H22FNO6/c1-27-19(25)15-9-5-8-14(17(15)21)18(24)16(23)10-11-22-20(26)28-12-13-6-3-2-4-7-13/h2-9,16,18,23-24H,10-12H2,1H3,(H,22,26). The zero-order valence-electron chi connectivity index (χ0n) is 15.3. The number of rotatable bonds is 8. The fraction of sp³-hybridized carbons (Fsp3) is 0.300. The van der Waals surface area contributed by atoms with Crippen molar-refractivity contribution in [3.63, 3.8) is 0 Å². The Morgan fingerprint density at radius 1 is 1.11 bits per heavy atom. The number of nitrogens with one attached hydrogen (secondary N) is 1. The van der Waals surface area contributed by atoms with Crippen LogP contribution in [0.3, 0.4) is 0 Å². The van der Waals surface area contributed by atoms with Crippen LogP contribution >= 0.6 is 0 Å². The number of amides is 1. The van der Waals surface area contributed by atoms with Crippen LogP contribution in [0.1, 0.15) is 34.0 Å². The molecule has 2 aromatic carbocycles. The summed E-state index contributed by atoms with van der Waals surface area (Å²) in [6.45, 7) is 0.105. The summed E-state index contributed by atoms with van der Waals surface area (Å²) < 4.78 is 23.9. The maximum absolute atomic E-state index is 14.4. The summed E-state index contributed by atoms with van der Waals surface area (Å²) in [6.07, 6.45) is -3.67. The van der Waals surface area contributed by atoms with E-state index in [-0.39, 0.29) is 30.7 Å². The molecule has 0 aliphatic rings. The first-order valence-electron chi connectivity index (χ1n) is 8.61. The molecule has 3 N–H and O–H groups in total. The number of aliphatic hydroxyl groups is 2. The summed E-state index contributed by atoms with van der Waals surface area (Å²) in [5.74, 6) is -1.85. The highest BCUT2D eigenvalue weighted by molar-refractivity contribution is 5.89. The molecule has 0 spiro atoms. The lowest BCUT2D eigenvalue weighted by Crippen LogP contribution is -2.30. The number of carbonyl (C=O) groups is 2. The quantitative estimate of drug-likeness (QED) is 0.597. The van der Waals surface area contributed by atoms with Crippen molar-refractivity contribution in [3.8, 4) is 0 Å². The highest BCUT2D eigenvalue weighted by Crippen LogP contribution is 2.24. The summed E-state index contributed by atoms with van der Waals surface area (Å²) in [5.41, 5.74) is 0.255. The molecule has 0 fully saturated rings. The normalized spacial score (nSPS) is 12.7. The number of benzene rings is 2. The van der Waals surface area contributed by atoms with Gasteiger partial charge < -0.3 is 25.0 Å². The maximum Gasteiger partial charge on any atom is 0.407 e. The van der Waals surface area contributed by atoms with Gasteiger partial charge in [-0.1, -0.05) is 42.5 Å². The number of aliphatic hydroxyl groups excluding tert-OH is 2. The average molecular weight is 391 g/mol. The van der Waals surface area contributed by atoms with Crippen LogP contribution in [0.5, 0.6) is 0 Å². The van der Waals surface area contributed by atoms with Gasteiger partial charge in [-0.15, -0.1) is 0 Å². The minimum atomic E-state index is -1.58. The molecule has 2 aromatic rings. The van der Waals surface area contributed by atoms with Crippen LogP contribution in [0.25, 0.3) is 0 Å². The number of halogens is 1. The minimum Gasteiger partial charge on any atom is -0.465 e. The number of esters is 1. The lowest BCUT2D eigenvalue weighted by molar-refractivity contribution is 0.0114. The van der Waals surface area contributed by atoms with Gasteiger partial charge >= 0.3 is 12.1 Å². The Morgan fingerprint density at radius 2 is 1.82 bits per heavy atom. The van der Waals surface area contributed by atoms with E-state index < -0.39 is 30.1 Å². The Bertz CT molecular complexity index is 799. The van der Waals surface area contributed by atoms with E-state index in [1.54, 1.807) is 0 Å². The fourth-order valence-electron chi connectivity index (χ4n) is 2.51. The summed E-state index contributed by atoms with van der Waals surface area (Å²) in [7, 11) is 1.11. The molecular formula is C20H22FNO6. The van der Waals surface area contributed by atoms with Gasteiger partial charge in [0.1, 0.15) is 18.5 Å². The van der Waals surface area contributed by atoms with Gasteiger partial charge in [-0.2, -0.15) is 0 Å². The zero-order chi connectivity index (χ0) is 20.5. The van der Waals surface area contributed by atoms with Crippen molar-refractivity contribution < 1.29 is 33.7 Å². The van der Waals surface area contributed by atoms with E-state index in [4.69, 9.17) is 4.74 Å². The number of hydrogen-bond acceptors (Lipinski definition) is 6. The third-order valence-electron chi connectivity index (χ3n) is 4.04. The van der Waals surface area contributed by atoms with E-state index in [0.717, 1.165) is 12.7 Å². The second kappa shape index (κ2) is 10.4. The lowest BCUT2D eigenvalue weighted by Gasteiger charge is -2.19. The van der Waals surface area contributed by atoms with Gasteiger partial charge in [-0.3, -0.25) is 0 Å². The fourth-order valence-corrected chi connectivity index (χ4v) is 2.51. The molecule has 2 atom stereocenters. The molecule has 0 saturated heterocycles. The van der Waals surface area contributed by atoms with Crippen LogP contribution in [0.4, 0.5) is 9.18 Å². The molecule has 0 aromatic heterocycles. The smallest absolute Gasteiger partial charge is 0.407 e. The van der Waals surface area contributed by atoms with Crippen molar-refractivity contribution in [2.24, 2.45) is 0 Å². The van der Waals surface area contributed by atoms with E-state index in [0.29, 0.717) is 0 Å². The molecule has 150 valence electrons. The molecule has 0 aliphatic heterocycles. The second-order valence-corrected chi connectivity index (χ2v) is 5.99. The molecule has 8 heteroatoms. The second-order valence-electron chi connectivity index (χ2n) is 5.99. The number of hydrogen-bond donors (Lipinski definition) is 3. The number of methoxy groups -OCH3 is 1. The van der Waals surface area contributed by atoms with Crippen molar-refractivity contribution in [2.75, 3.05) is 13.7 Å². The van der Waals surface area contributed by atoms with E-state index in [1.807, 2.05) is 30.3 Å². The first-order chi connectivity index (χ1) is 13.4. The minimum absolute atomic E-state index is 0.00413. The topological polar surface area (TPSA) is 105 Å². The average Bonchev–Trinajstić information content (AvgIpc) is 2.72. The molecule has 7 nitrogen and oxygen atoms in total. The molecule has 0 aliphatic carbocycles. The van der Waals surface area contributed by atoms with Gasteiger partial charge in [0.05, 0.1) is 18.8 Å². The molecule has 2 unspecified atom stereocenters. The summed E-state index contributed by atoms with van der Waals surface area (Å²) in [6, 6.07) is 13.0. The first kappa shape index (κ1) is 21.3. The Labute approximate surface area is 161 Å². The molecule has 0 saturated carbocycles. The van der Waals surface area contributed by atoms with Crippen LogP contribution in [-0.4, -0.2) is 42.0 Å². The Balaban J connectivity index is 1.83. The van der Waals surface area contributed by atoms with Crippen molar-refractivity contribution in [1.82, 2.24) is 5.32 Å². The van der Waals surface area contributed by atoms with Crippen LogP contribution in [-0.2, 0) is 16.1 Å². The predicted molar refractivity (Wildman–Crippen MR) is 98.0 cm³/mol. The van der Waals surface area contributed by atoms with E-state index in [2.05, 4.69) is 10.1 Å². The SMILES string of the molecule is COC(=O)c1cccc(C(O)C(O)CCNC(=O)OCc2ccccc2)c1F. The summed E-state index contributed by atoms with van der Waals surface area (Å²) >= 11 is 0. The highest BCUT2D eigenvalue weighted by Gasteiger charge is 2.25. The Kier molecular flexibility index (Phi) is 7.91. The Morgan fingerprint density at radius 3 is 2.50 bits per heavy atom. The molecule has 1 amide bonds. The van der Waals surface area contributed by atoms with Crippen molar-refractivity contribution in [2.45, 2.75) is 25.2 Å². The number of alkyl carbamates (subject to hydrolysis) is 1. The molecule has 0 heterocycles. The monoisotopic (exact) mass is 391 g/mol. The van der Waals surface area contributed by atoms with Crippen LogP contribution in [0.15, 0.2) is 48.5 Å². The van der Waals surface area contributed by atoms with Crippen molar-refractivity contribution in [3.05, 3.63) is 71.0 Å². The van der Waals surface area contributed by atoms with Crippen molar-refractivity contribution >= 4 is 12.1 Å². The number of carbonyl (C=O) groups excluding carboxylic acids is 2. The molecular weight excluding hydrogens is 369 g/mol. The highest BCUT2D eigenvalue weighted by atomic mass is 19.1. The third kappa shape index (κ3) is 5.77. The van der Waals surface area contributed by atoms with Gasteiger partial charge in [0.25, 0.3) is 0 Å². The summed E-state index contributed by atoms with van der Waals surface area (Å²) in [4.78, 5) is 23.2. The number of ether oxygens (including phenoxy) is 2. The molecule has 0 bridgehead atoms. The van der Waals surface area contributed by atoms with E-state index in [1.165, 1.54) is 18.2 Å². The van der Waals surface area contributed by atoms with E-state index >= 15 is 0 Å². The predicted octanol–water partition coefficient (Wildman–Crippen LogP) is 2.32. The van der Waals surface area contributed by atoms with Gasteiger partial charge in [-0.25, -0.2) is 14.0 Å². The van der Waals surface area contributed by atoms with Gasteiger partial charge in [0.2, 0.25) is 0 Å². The maximum atomic E-state index is 14.4. The Hall–Kier alpha value is -2.97. The van der Waals surface area contributed by atoms with E-state index in [9.17, 15) is 24.2 Å². The van der Waals surface area contributed by atoms with Crippen molar-refractivity contribution in [1.29, 1.82) is 0 Å². The third-order valence-corrected chi connectivity index (χ3v) is 4.04. The van der Waals surface area contributed by atoms with Crippen LogP contribution in [0.2, 0.25) is 0 Å². The summed E-state index contributed by atoms with van der Waals surface area (Å²) in [5, 5.41) is 22.7. The lowest BCUT2D eigenvalue weighted by atomic mass is 9.99. The van der Waals surface area contributed by atoms with Gasteiger partial charge in [0.15, 0.2) is 0 Å². The molecule has 28 heavy (non-hydrogen) atoms. The molecule has 0 radical (unpaired) electrons. The molecule has 2 rings (SSSR count). The zero-order valence-corrected chi connectivity index (χ0v) is 15.3. The first-order valence-corrected chi connectivity index (χ1v) is 8.61. The van der Waals surface area contributed by atoms with Crippen LogP contribution in [0, 0.1) is 5.82 Å². The van der Waals surface area contributed by atoms with Gasteiger partial charge in [0, 0.05) is 12.1 Å².